The van der Waals surface area contributed by atoms with Crippen LogP contribution < -0.4 is 10.6 Å². The lowest BCUT2D eigenvalue weighted by atomic mass is 10.1. The Morgan fingerprint density at radius 1 is 1.17 bits per heavy atom. The Hall–Kier alpha value is -1.86. The number of piperazine rings is 1. The monoisotopic (exact) mass is 325 g/mol. The third-order valence-electron chi connectivity index (χ3n) is 3.77. The lowest BCUT2D eigenvalue weighted by Gasteiger charge is -2.27. The topological polar surface area (TPSA) is 61.4 Å². The molecule has 1 aliphatic heterocycles. The van der Waals surface area contributed by atoms with E-state index < -0.39 is 17.4 Å². The fraction of sp³-hybridized carbons (Fsp3) is 0.500. The van der Waals surface area contributed by atoms with Gasteiger partial charge in [-0.3, -0.25) is 14.5 Å². The third kappa shape index (κ3) is 5.69. The van der Waals surface area contributed by atoms with Gasteiger partial charge >= 0.3 is 0 Å². The van der Waals surface area contributed by atoms with E-state index in [-0.39, 0.29) is 24.3 Å². The SMILES string of the molecule is O=C(CCC(=O)c1ccc(F)cc1F)NCCN1CCNCC1. The number of nitrogens with zero attached hydrogens (tertiary/aromatic N) is 1. The highest BCUT2D eigenvalue weighted by atomic mass is 19.1. The molecule has 5 nitrogen and oxygen atoms in total. The Kier molecular flexibility index (Phi) is 6.61. The molecule has 1 saturated heterocycles. The molecule has 2 rings (SSSR count). The summed E-state index contributed by atoms with van der Waals surface area (Å²) in [4.78, 5) is 25.8. The Morgan fingerprint density at radius 3 is 2.61 bits per heavy atom. The molecule has 0 aromatic heterocycles. The molecule has 2 N–H and O–H groups in total. The molecule has 1 fully saturated rings. The van der Waals surface area contributed by atoms with Gasteiger partial charge in [-0.05, 0) is 12.1 Å². The molecule has 1 aliphatic rings. The average molecular weight is 325 g/mol. The fourth-order valence-corrected chi connectivity index (χ4v) is 2.45. The molecule has 0 atom stereocenters. The van der Waals surface area contributed by atoms with Crippen molar-refractivity contribution in [1.82, 2.24) is 15.5 Å². The van der Waals surface area contributed by atoms with E-state index in [0.717, 1.165) is 44.9 Å². The summed E-state index contributed by atoms with van der Waals surface area (Å²) in [5.74, 6) is -2.37. The number of hydrogen-bond acceptors (Lipinski definition) is 4. The highest BCUT2D eigenvalue weighted by Crippen LogP contribution is 2.12. The summed E-state index contributed by atoms with van der Waals surface area (Å²) >= 11 is 0. The standard InChI is InChI=1S/C16H21F2N3O2/c17-12-1-2-13(14(18)11-12)15(22)3-4-16(23)20-7-10-21-8-5-19-6-9-21/h1-2,11,19H,3-10H2,(H,20,23). The van der Waals surface area contributed by atoms with Crippen LogP contribution in [-0.2, 0) is 4.79 Å². The number of amides is 1. The minimum atomic E-state index is -0.894. The first-order valence-electron chi connectivity index (χ1n) is 7.74. The quantitative estimate of drug-likeness (QED) is 0.733. The summed E-state index contributed by atoms with van der Waals surface area (Å²) in [7, 11) is 0. The zero-order valence-corrected chi connectivity index (χ0v) is 12.9. The summed E-state index contributed by atoms with van der Waals surface area (Å²) in [6.45, 7) is 5.11. The molecule has 0 unspecified atom stereocenters. The van der Waals surface area contributed by atoms with E-state index in [4.69, 9.17) is 0 Å². The van der Waals surface area contributed by atoms with Gasteiger partial charge in [0.05, 0.1) is 5.56 Å². The van der Waals surface area contributed by atoms with Gasteiger partial charge in [-0.1, -0.05) is 0 Å². The lowest BCUT2D eigenvalue weighted by molar-refractivity contribution is -0.121. The predicted molar refractivity (Wildman–Crippen MR) is 82.2 cm³/mol. The number of nitrogens with one attached hydrogen (secondary N) is 2. The normalized spacial score (nSPS) is 15.4. The molecule has 7 heteroatoms. The second kappa shape index (κ2) is 8.69. The van der Waals surface area contributed by atoms with Gasteiger partial charge in [-0.15, -0.1) is 0 Å². The molecule has 0 radical (unpaired) electrons. The molecule has 1 aromatic carbocycles. The van der Waals surface area contributed by atoms with Crippen molar-refractivity contribution in [2.45, 2.75) is 12.8 Å². The van der Waals surface area contributed by atoms with E-state index in [1.54, 1.807) is 0 Å². The number of hydrogen-bond donors (Lipinski definition) is 2. The van der Waals surface area contributed by atoms with Gasteiger partial charge in [0.1, 0.15) is 11.6 Å². The van der Waals surface area contributed by atoms with Crippen molar-refractivity contribution in [2.75, 3.05) is 39.3 Å². The van der Waals surface area contributed by atoms with Crippen molar-refractivity contribution in [1.29, 1.82) is 0 Å². The van der Waals surface area contributed by atoms with Gasteiger partial charge < -0.3 is 10.6 Å². The van der Waals surface area contributed by atoms with E-state index in [0.29, 0.717) is 12.6 Å². The molecular formula is C16H21F2N3O2. The largest absolute Gasteiger partial charge is 0.355 e. The zero-order valence-electron chi connectivity index (χ0n) is 12.9. The Labute approximate surface area is 134 Å². The number of carbonyl (C=O) groups excluding carboxylic acids is 2. The van der Waals surface area contributed by atoms with Gasteiger partial charge in [0.2, 0.25) is 5.91 Å². The van der Waals surface area contributed by atoms with Crippen molar-refractivity contribution in [3.63, 3.8) is 0 Å². The molecule has 1 heterocycles. The Balaban J connectivity index is 1.68. The number of carbonyl (C=O) groups is 2. The van der Waals surface area contributed by atoms with Crippen LogP contribution in [0, 0.1) is 11.6 Å². The van der Waals surface area contributed by atoms with Crippen molar-refractivity contribution < 1.29 is 18.4 Å². The number of rotatable bonds is 7. The van der Waals surface area contributed by atoms with E-state index in [2.05, 4.69) is 15.5 Å². The van der Waals surface area contributed by atoms with Crippen LogP contribution in [0.2, 0.25) is 0 Å². The number of ketones is 1. The molecule has 23 heavy (non-hydrogen) atoms. The van der Waals surface area contributed by atoms with Gasteiger partial charge in [0, 0.05) is 58.2 Å². The van der Waals surface area contributed by atoms with Gasteiger partial charge in [0.25, 0.3) is 0 Å². The van der Waals surface area contributed by atoms with Crippen molar-refractivity contribution in [2.24, 2.45) is 0 Å². The minimum absolute atomic E-state index is 0.00277. The number of Topliss-reactive ketones (excluding diaryl/α,β-unsaturated/α-hetero) is 1. The smallest absolute Gasteiger partial charge is 0.220 e. The van der Waals surface area contributed by atoms with Crippen LogP contribution in [0.15, 0.2) is 18.2 Å². The molecule has 126 valence electrons. The first-order chi connectivity index (χ1) is 11.1. The van der Waals surface area contributed by atoms with Crippen LogP contribution in [0.4, 0.5) is 8.78 Å². The van der Waals surface area contributed by atoms with E-state index in [1.807, 2.05) is 0 Å². The minimum Gasteiger partial charge on any atom is -0.355 e. The maximum Gasteiger partial charge on any atom is 0.220 e. The van der Waals surface area contributed by atoms with Crippen molar-refractivity contribution >= 4 is 11.7 Å². The molecule has 0 bridgehead atoms. The van der Waals surface area contributed by atoms with E-state index >= 15 is 0 Å². The summed E-state index contributed by atoms with van der Waals surface area (Å²) in [6, 6.07) is 2.81. The van der Waals surface area contributed by atoms with Gasteiger partial charge in [-0.2, -0.15) is 0 Å². The first-order valence-corrected chi connectivity index (χ1v) is 7.74. The molecule has 1 aromatic rings. The maximum atomic E-state index is 13.5. The zero-order chi connectivity index (χ0) is 16.7. The number of halogens is 2. The highest BCUT2D eigenvalue weighted by molar-refractivity contribution is 5.98. The molecule has 0 spiro atoms. The molecule has 0 aliphatic carbocycles. The second-order valence-corrected chi connectivity index (χ2v) is 5.49. The molecular weight excluding hydrogens is 304 g/mol. The predicted octanol–water partition coefficient (Wildman–Crippen LogP) is 0.949. The number of benzene rings is 1. The third-order valence-corrected chi connectivity index (χ3v) is 3.77. The van der Waals surface area contributed by atoms with Crippen LogP contribution >= 0.6 is 0 Å². The highest BCUT2D eigenvalue weighted by Gasteiger charge is 2.14. The molecule has 1 amide bonds. The fourth-order valence-electron chi connectivity index (χ4n) is 2.45. The maximum absolute atomic E-state index is 13.5. The Morgan fingerprint density at radius 2 is 1.91 bits per heavy atom. The van der Waals surface area contributed by atoms with Crippen LogP contribution in [0.25, 0.3) is 0 Å². The average Bonchev–Trinajstić information content (AvgIpc) is 2.53. The summed E-state index contributed by atoms with van der Waals surface area (Å²) in [5, 5.41) is 6.00. The van der Waals surface area contributed by atoms with Gasteiger partial charge in [0.15, 0.2) is 5.78 Å². The van der Waals surface area contributed by atoms with Crippen molar-refractivity contribution in [3.05, 3.63) is 35.4 Å². The first kappa shape index (κ1) is 17.5. The van der Waals surface area contributed by atoms with Crippen LogP contribution in [0.1, 0.15) is 23.2 Å². The van der Waals surface area contributed by atoms with E-state index in [1.165, 1.54) is 0 Å². The van der Waals surface area contributed by atoms with Crippen LogP contribution in [0.5, 0.6) is 0 Å². The molecule has 0 saturated carbocycles. The summed E-state index contributed by atoms with van der Waals surface area (Å²) < 4.78 is 26.3. The van der Waals surface area contributed by atoms with Crippen LogP contribution in [0.3, 0.4) is 0 Å². The second-order valence-electron chi connectivity index (χ2n) is 5.49. The Bertz CT molecular complexity index is 560. The lowest BCUT2D eigenvalue weighted by Crippen LogP contribution is -2.46. The van der Waals surface area contributed by atoms with Crippen LogP contribution in [-0.4, -0.2) is 55.9 Å². The summed E-state index contributed by atoms with van der Waals surface area (Å²) in [5.41, 5.74) is -0.181. The van der Waals surface area contributed by atoms with E-state index in [9.17, 15) is 18.4 Å². The summed E-state index contributed by atoms with van der Waals surface area (Å²) in [6.07, 6.45) is -0.0980. The van der Waals surface area contributed by atoms with Gasteiger partial charge in [-0.25, -0.2) is 8.78 Å². The van der Waals surface area contributed by atoms with Crippen molar-refractivity contribution in [3.8, 4) is 0 Å².